The number of hydrogen-bond donors (Lipinski definition) is 1. The number of hydrogen-bond acceptors (Lipinski definition) is 4. The zero-order valence-corrected chi connectivity index (χ0v) is 14.0. The minimum Gasteiger partial charge on any atom is -0.478 e. The van der Waals surface area contributed by atoms with Crippen LogP contribution in [0.15, 0.2) is 18.3 Å². The van der Waals surface area contributed by atoms with Gasteiger partial charge in [-0.15, -0.1) is 0 Å². The van der Waals surface area contributed by atoms with Gasteiger partial charge in [0.1, 0.15) is 0 Å². The summed E-state index contributed by atoms with van der Waals surface area (Å²) in [5.74, 6) is 1.24. The van der Waals surface area contributed by atoms with Gasteiger partial charge in [0, 0.05) is 43.9 Å². The number of ether oxygens (including phenoxy) is 1. The van der Waals surface area contributed by atoms with Gasteiger partial charge in [-0.1, -0.05) is 19.4 Å². The lowest BCUT2D eigenvalue weighted by molar-refractivity contribution is -0.128. The first-order chi connectivity index (χ1) is 11.2. The topological polar surface area (TPSA) is 54.5 Å². The van der Waals surface area contributed by atoms with Gasteiger partial charge < -0.3 is 10.1 Å². The van der Waals surface area contributed by atoms with E-state index in [1.54, 1.807) is 0 Å². The molecule has 1 aromatic heterocycles. The Morgan fingerprint density at radius 3 is 2.91 bits per heavy atom. The first-order valence-electron chi connectivity index (χ1n) is 8.85. The average Bonchev–Trinajstić information content (AvgIpc) is 2.91. The summed E-state index contributed by atoms with van der Waals surface area (Å²) in [5, 5.41) is 3.21. The molecule has 1 atom stereocenters. The third kappa shape index (κ3) is 4.44. The van der Waals surface area contributed by atoms with Gasteiger partial charge in [-0.05, 0) is 31.2 Å². The molecule has 0 bridgehead atoms. The second kappa shape index (κ2) is 7.77. The lowest BCUT2D eigenvalue weighted by atomic mass is 9.84. The van der Waals surface area contributed by atoms with Crippen molar-refractivity contribution >= 4 is 5.91 Å². The molecule has 1 saturated heterocycles. The van der Waals surface area contributed by atoms with Crippen molar-refractivity contribution in [2.45, 2.75) is 51.6 Å². The summed E-state index contributed by atoms with van der Waals surface area (Å²) in [6, 6.07) is 4.33. The second-order valence-corrected chi connectivity index (χ2v) is 6.71. The highest BCUT2D eigenvalue weighted by atomic mass is 16.5. The Morgan fingerprint density at radius 1 is 1.39 bits per heavy atom. The van der Waals surface area contributed by atoms with Crippen molar-refractivity contribution in [2.75, 3.05) is 19.7 Å². The molecular formula is C18H27N3O2. The Hall–Kier alpha value is -1.62. The van der Waals surface area contributed by atoms with E-state index in [9.17, 15) is 4.79 Å². The highest BCUT2D eigenvalue weighted by molar-refractivity contribution is 5.79. The van der Waals surface area contributed by atoms with Crippen molar-refractivity contribution in [1.29, 1.82) is 0 Å². The summed E-state index contributed by atoms with van der Waals surface area (Å²) in [7, 11) is 0. The SMILES string of the molecule is CCCOc1ccc(CN2CC[C@@H](NC(=O)C3CCC3)C2)cn1. The predicted molar refractivity (Wildman–Crippen MR) is 89.2 cm³/mol. The summed E-state index contributed by atoms with van der Waals surface area (Å²) < 4.78 is 5.51. The molecule has 0 spiro atoms. The van der Waals surface area contributed by atoms with Crippen LogP contribution in [-0.2, 0) is 11.3 Å². The molecule has 126 valence electrons. The van der Waals surface area contributed by atoms with Crippen LogP contribution < -0.4 is 10.1 Å². The van der Waals surface area contributed by atoms with E-state index in [4.69, 9.17) is 4.74 Å². The predicted octanol–water partition coefficient (Wildman–Crippen LogP) is 2.36. The molecule has 0 unspecified atom stereocenters. The summed E-state index contributed by atoms with van der Waals surface area (Å²) in [5.41, 5.74) is 1.19. The molecule has 1 aliphatic carbocycles. The van der Waals surface area contributed by atoms with Gasteiger partial charge in [0.05, 0.1) is 6.61 Å². The fourth-order valence-corrected chi connectivity index (χ4v) is 3.14. The van der Waals surface area contributed by atoms with Gasteiger partial charge in [0.25, 0.3) is 0 Å². The van der Waals surface area contributed by atoms with Crippen LogP contribution in [0.4, 0.5) is 0 Å². The van der Waals surface area contributed by atoms with Gasteiger partial charge in [-0.25, -0.2) is 4.98 Å². The first kappa shape index (κ1) is 16.2. The number of pyridine rings is 1. The number of amides is 1. The van der Waals surface area contributed by atoms with Crippen LogP contribution in [0.25, 0.3) is 0 Å². The van der Waals surface area contributed by atoms with E-state index in [0.717, 1.165) is 45.3 Å². The van der Waals surface area contributed by atoms with E-state index < -0.39 is 0 Å². The quantitative estimate of drug-likeness (QED) is 0.839. The highest BCUT2D eigenvalue weighted by Gasteiger charge is 2.29. The van der Waals surface area contributed by atoms with E-state index >= 15 is 0 Å². The Kier molecular flexibility index (Phi) is 5.49. The van der Waals surface area contributed by atoms with Crippen LogP contribution in [0.5, 0.6) is 5.88 Å². The second-order valence-electron chi connectivity index (χ2n) is 6.71. The number of nitrogens with zero attached hydrogens (tertiary/aromatic N) is 2. The highest BCUT2D eigenvalue weighted by Crippen LogP contribution is 2.26. The van der Waals surface area contributed by atoms with Gasteiger partial charge in [-0.3, -0.25) is 9.69 Å². The largest absolute Gasteiger partial charge is 0.478 e. The summed E-state index contributed by atoms with van der Waals surface area (Å²) in [4.78, 5) is 18.7. The molecule has 2 aliphatic rings. The number of carbonyl (C=O) groups excluding carboxylic acids is 1. The number of nitrogens with one attached hydrogen (secondary N) is 1. The minimum absolute atomic E-state index is 0.266. The molecule has 1 aliphatic heterocycles. The molecule has 0 aromatic carbocycles. The number of carbonyl (C=O) groups is 1. The molecule has 1 N–H and O–H groups in total. The maximum atomic E-state index is 12.0. The zero-order chi connectivity index (χ0) is 16.1. The monoisotopic (exact) mass is 317 g/mol. The minimum atomic E-state index is 0.266. The number of rotatable bonds is 7. The Morgan fingerprint density at radius 2 is 2.26 bits per heavy atom. The summed E-state index contributed by atoms with van der Waals surface area (Å²) in [6.45, 7) is 5.65. The van der Waals surface area contributed by atoms with Gasteiger partial charge in [0.2, 0.25) is 11.8 Å². The first-order valence-corrected chi connectivity index (χ1v) is 8.85. The Labute approximate surface area is 138 Å². The molecule has 2 fully saturated rings. The van der Waals surface area contributed by atoms with Crippen LogP contribution >= 0.6 is 0 Å². The van der Waals surface area contributed by atoms with Crippen LogP contribution in [-0.4, -0.2) is 41.5 Å². The summed E-state index contributed by atoms with van der Waals surface area (Å²) >= 11 is 0. The zero-order valence-electron chi connectivity index (χ0n) is 14.0. The average molecular weight is 317 g/mol. The van der Waals surface area contributed by atoms with Crippen LogP contribution in [0.3, 0.4) is 0 Å². The third-order valence-electron chi connectivity index (χ3n) is 4.75. The maximum Gasteiger partial charge on any atom is 0.223 e. The Balaban J connectivity index is 1.43. The fraction of sp³-hybridized carbons (Fsp3) is 0.667. The number of likely N-dealkylation sites (tertiary alicyclic amines) is 1. The molecule has 23 heavy (non-hydrogen) atoms. The molecule has 0 radical (unpaired) electrons. The van der Waals surface area contributed by atoms with Gasteiger partial charge in [-0.2, -0.15) is 0 Å². The number of aromatic nitrogens is 1. The smallest absolute Gasteiger partial charge is 0.223 e. The van der Waals surface area contributed by atoms with Crippen LogP contribution in [0.2, 0.25) is 0 Å². The third-order valence-corrected chi connectivity index (χ3v) is 4.75. The van der Waals surface area contributed by atoms with Gasteiger partial charge in [0.15, 0.2) is 0 Å². The molecule has 5 nitrogen and oxygen atoms in total. The van der Waals surface area contributed by atoms with Crippen molar-refractivity contribution in [1.82, 2.24) is 15.2 Å². The molecular weight excluding hydrogens is 290 g/mol. The van der Waals surface area contributed by atoms with Crippen molar-refractivity contribution in [2.24, 2.45) is 5.92 Å². The standard InChI is InChI=1S/C18H27N3O2/c1-2-10-23-17-7-6-14(11-19-17)12-21-9-8-16(13-21)20-18(22)15-4-3-5-15/h6-7,11,15-16H,2-5,8-10,12-13H2,1H3,(H,20,22)/t16-/m1/s1. The van der Waals surface area contributed by atoms with Crippen molar-refractivity contribution < 1.29 is 9.53 Å². The molecule has 3 rings (SSSR count). The molecule has 2 heterocycles. The van der Waals surface area contributed by atoms with E-state index in [1.807, 2.05) is 12.3 Å². The van der Waals surface area contributed by atoms with E-state index in [-0.39, 0.29) is 11.8 Å². The lowest BCUT2D eigenvalue weighted by Crippen LogP contribution is -2.42. The van der Waals surface area contributed by atoms with E-state index in [1.165, 1.54) is 12.0 Å². The van der Waals surface area contributed by atoms with Crippen molar-refractivity contribution in [3.63, 3.8) is 0 Å². The van der Waals surface area contributed by atoms with Crippen LogP contribution in [0.1, 0.15) is 44.6 Å². The lowest BCUT2D eigenvalue weighted by Gasteiger charge is -2.26. The molecule has 5 heteroatoms. The van der Waals surface area contributed by atoms with E-state index in [2.05, 4.69) is 28.2 Å². The fourth-order valence-electron chi connectivity index (χ4n) is 3.14. The molecule has 1 amide bonds. The normalized spacial score (nSPS) is 21.9. The van der Waals surface area contributed by atoms with E-state index in [0.29, 0.717) is 18.5 Å². The Bertz CT molecular complexity index is 514. The van der Waals surface area contributed by atoms with Crippen molar-refractivity contribution in [3.8, 4) is 5.88 Å². The van der Waals surface area contributed by atoms with Crippen LogP contribution in [0, 0.1) is 5.92 Å². The van der Waals surface area contributed by atoms with Crippen molar-refractivity contribution in [3.05, 3.63) is 23.9 Å². The maximum absolute atomic E-state index is 12.0. The van der Waals surface area contributed by atoms with Gasteiger partial charge >= 0.3 is 0 Å². The molecule has 1 aromatic rings. The molecule has 1 saturated carbocycles. The summed E-state index contributed by atoms with van der Waals surface area (Å²) in [6.07, 6.45) is 7.28.